The Morgan fingerprint density at radius 2 is 1.90 bits per heavy atom. The summed E-state index contributed by atoms with van der Waals surface area (Å²) in [5.74, 6) is 0.268. The monoisotopic (exact) mass is 401 g/mol. The average molecular weight is 403 g/mol. The Balaban J connectivity index is 3.24. The van der Waals surface area contributed by atoms with Crippen molar-refractivity contribution in [3.05, 3.63) is 27.7 Å². The van der Waals surface area contributed by atoms with Crippen molar-refractivity contribution in [2.24, 2.45) is 0 Å². The number of sulfonamides is 1. The highest BCUT2D eigenvalue weighted by molar-refractivity contribution is 9.10. The molecule has 0 aromatic heterocycles. The quantitative estimate of drug-likeness (QED) is 0.628. The summed E-state index contributed by atoms with van der Waals surface area (Å²) in [6.45, 7) is 4.25. The van der Waals surface area contributed by atoms with Gasteiger partial charge in [-0.15, -0.1) is 11.6 Å². The molecule has 0 heterocycles. The Morgan fingerprint density at radius 3 is 2.35 bits per heavy atom. The summed E-state index contributed by atoms with van der Waals surface area (Å²) >= 11 is 14.9. The van der Waals surface area contributed by atoms with Crippen molar-refractivity contribution in [1.82, 2.24) is 4.31 Å². The van der Waals surface area contributed by atoms with Crippen LogP contribution in [-0.2, 0) is 10.0 Å². The molecular weight excluding hydrogens is 385 g/mol. The molecule has 0 bridgehead atoms. The van der Waals surface area contributed by atoms with Gasteiger partial charge in [0.25, 0.3) is 0 Å². The Bertz CT molecular complexity index is 547. The second-order valence-electron chi connectivity index (χ2n) is 4.35. The minimum Gasteiger partial charge on any atom is -0.207 e. The zero-order valence-corrected chi connectivity index (χ0v) is 15.4. The van der Waals surface area contributed by atoms with Crippen LogP contribution in [0, 0.1) is 0 Å². The van der Waals surface area contributed by atoms with E-state index in [0.717, 1.165) is 12.8 Å². The van der Waals surface area contributed by atoms with E-state index in [0.29, 0.717) is 16.0 Å². The van der Waals surface area contributed by atoms with Gasteiger partial charge in [0.15, 0.2) is 0 Å². The van der Waals surface area contributed by atoms with Crippen LogP contribution in [0.3, 0.4) is 0 Å². The molecule has 114 valence electrons. The maximum absolute atomic E-state index is 12.7. The van der Waals surface area contributed by atoms with E-state index in [4.69, 9.17) is 23.2 Å². The predicted molar refractivity (Wildman–Crippen MR) is 88.1 cm³/mol. The summed E-state index contributed by atoms with van der Waals surface area (Å²) in [6.07, 6.45) is 1.50. The van der Waals surface area contributed by atoms with Crippen LogP contribution < -0.4 is 0 Å². The van der Waals surface area contributed by atoms with Crippen LogP contribution in [0.1, 0.15) is 26.7 Å². The van der Waals surface area contributed by atoms with E-state index >= 15 is 0 Å². The van der Waals surface area contributed by atoms with Crippen LogP contribution in [0.15, 0.2) is 27.6 Å². The van der Waals surface area contributed by atoms with Crippen LogP contribution in [0.25, 0.3) is 0 Å². The number of nitrogens with zero attached hydrogens (tertiary/aromatic N) is 1. The third-order valence-electron chi connectivity index (χ3n) is 3.15. The lowest BCUT2D eigenvalue weighted by atomic mass is 10.2. The molecule has 0 spiro atoms. The molecule has 0 saturated heterocycles. The van der Waals surface area contributed by atoms with Gasteiger partial charge in [0.2, 0.25) is 10.0 Å². The molecule has 0 aliphatic carbocycles. The lowest BCUT2D eigenvalue weighted by Gasteiger charge is -2.29. The Kier molecular flexibility index (Phi) is 7.29. The second-order valence-corrected chi connectivity index (χ2v) is 7.88. The summed E-state index contributed by atoms with van der Waals surface area (Å²) in [5, 5.41) is 0.482. The number of rotatable bonds is 7. The Labute approximate surface area is 139 Å². The third-order valence-corrected chi connectivity index (χ3v) is 6.48. The summed E-state index contributed by atoms with van der Waals surface area (Å²) in [4.78, 5) is 0.228. The SMILES string of the molecule is CCC(CC)N(CCCl)S(=O)(=O)c1ccc(Cl)c(Br)c1. The number of hydrogen-bond donors (Lipinski definition) is 0. The van der Waals surface area contributed by atoms with E-state index < -0.39 is 10.0 Å². The van der Waals surface area contributed by atoms with Gasteiger partial charge in [-0.3, -0.25) is 0 Å². The summed E-state index contributed by atoms with van der Waals surface area (Å²) in [7, 11) is -3.57. The fourth-order valence-electron chi connectivity index (χ4n) is 2.05. The Morgan fingerprint density at radius 1 is 1.30 bits per heavy atom. The zero-order chi connectivity index (χ0) is 15.3. The molecule has 0 unspecified atom stereocenters. The van der Waals surface area contributed by atoms with Crippen molar-refractivity contribution in [2.75, 3.05) is 12.4 Å². The van der Waals surface area contributed by atoms with Crippen molar-refractivity contribution in [3.8, 4) is 0 Å². The standard InChI is InChI=1S/C13H18BrCl2NO2S/c1-3-10(4-2)17(8-7-15)20(18,19)11-5-6-13(16)12(14)9-11/h5-6,9-10H,3-4,7-8H2,1-2H3. The highest BCUT2D eigenvalue weighted by atomic mass is 79.9. The van der Waals surface area contributed by atoms with E-state index in [1.807, 2.05) is 13.8 Å². The molecule has 0 radical (unpaired) electrons. The molecule has 0 amide bonds. The summed E-state index contributed by atoms with van der Waals surface area (Å²) in [5.41, 5.74) is 0. The van der Waals surface area contributed by atoms with E-state index in [-0.39, 0.29) is 16.8 Å². The minimum atomic E-state index is -3.57. The van der Waals surface area contributed by atoms with E-state index in [1.165, 1.54) is 16.4 Å². The fraction of sp³-hybridized carbons (Fsp3) is 0.538. The number of hydrogen-bond acceptors (Lipinski definition) is 2. The zero-order valence-electron chi connectivity index (χ0n) is 11.4. The molecule has 0 saturated carbocycles. The predicted octanol–water partition coefficient (Wildman–Crippen LogP) is 4.52. The smallest absolute Gasteiger partial charge is 0.207 e. The number of halogens is 3. The van der Waals surface area contributed by atoms with Crippen LogP contribution in [0.5, 0.6) is 0 Å². The van der Waals surface area contributed by atoms with Gasteiger partial charge in [0.05, 0.1) is 9.92 Å². The molecule has 0 aliphatic heterocycles. The van der Waals surface area contributed by atoms with Crippen molar-refractivity contribution in [2.45, 2.75) is 37.6 Å². The first-order valence-corrected chi connectivity index (χ1v) is 9.55. The van der Waals surface area contributed by atoms with Gasteiger partial charge in [0.1, 0.15) is 0 Å². The third kappa shape index (κ3) is 4.10. The molecular formula is C13H18BrCl2NO2S. The van der Waals surface area contributed by atoms with Crippen LogP contribution in [0.2, 0.25) is 5.02 Å². The largest absolute Gasteiger partial charge is 0.243 e. The van der Waals surface area contributed by atoms with E-state index in [9.17, 15) is 8.42 Å². The van der Waals surface area contributed by atoms with Crippen molar-refractivity contribution in [1.29, 1.82) is 0 Å². The van der Waals surface area contributed by atoms with Gasteiger partial charge in [-0.1, -0.05) is 25.4 Å². The highest BCUT2D eigenvalue weighted by Crippen LogP contribution is 2.28. The number of benzene rings is 1. The molecule has 3 nitrogen and oxygen atoms in total. The molecule has 0 fully saturated rings. The van der Waals surface area contributed by atoms with Gasteiger partial charge in [0, 0.05) is 22.9 Å². The van der Waals surface area contributed by atoms with Gasteiger partial charge >= 0.3 is 0 Å². The van der Waals surface area contributed by atoms with Gasteiger partial charge in [-0.25, -0.2) is 8.42 Å². The number of alkyl halides is 1. The topological polar surface area (TPSA) is 37.4 Å². The Hall–Kier alpha value is 0.190. The van der Waals surface area contributed by atoms with E-state index in [2.05, 4.69) is 15.9 Å². The lowest BCUT2D eigenvalue weighted by molar-refractivity contribution is 0.316. The molecule has 1 rings (SSSR count). The molecule has 0 N–H and O–H groups in total. The second kappa shape index (κ2) is 7.99. The summed E-state index contributed by atoms with van der Waals surface area (Å²) < 4.78 is 27.5. The van der Waals surface area contributed by atoms with Gasteiger partial charge in [-0.2, -0.15) is 4.31 Å². The first-order chi connectivity index (χ1) is 9.38. The molecule has 0 aliphatic rings. The summed E-state index contributed by atoms with van der Waals surface area (Å²) in [6, 6.07) is 4.57. The molecule has 0 atom stereocenters. The molecule has 1 aromatic rings. The van der Waals surface area contributed by atoms with Crippen LogP contribution in [0.4, 0.5) is 0 Å². The minimum absolute atomic E-state index is 0.0480. The maximum Gasteiger partial charge on any atom is 0.243 e. The normalized spacial score (nSPS) is 12.3. The van der Waals surface area contributed by atoms with Crippen LogP contribution >= 0.6 is 39.1 Å². The fourth-order valence-corrected chi connectivity index (χ4v) is 4.78. The van der Waals surface area contributed by atoms with Crippen molar-refractivity contribution in [3.63, 3.8) is 0 Å². The van der Waals surface area contributed by atoms with Crippen LogP contribution in [-0.4, -0.2) is 31.2 Å². The molecule has 20 heavy (non-hydrogen) atoms. The first-order valence-electron chi connectivity index (χ1n) is 6.41. The van der Waals surface area contributed by atoms with Crippen molar-refractivity contribution >= 4 is 49.2 Å². The highest BCUT2D eigenvalue weighted by Gasteiger charge is 2.29. The van der Waals surface area contributed by atoms with Gasteiger partial charge < -0.3 is 0 Å². The molecule has 7 heteroatoms. The average Bonchev–Trinajstić information content (AvgIpc) is 2.42. The van der Waals surface area contributed by atoms with E-state index in [1.54, 1.807) is 6.07 Å². The lowest BCUT2D eigenvalue weighted by Crippen LogP contribution is -2.41. The first kappa shape index (κ1) is 18.2. The van der Waals surface area contributed by atoms with Crippen molar-refractivity contribution < 1.29 is 8.42 Å². The maximum atomic E-state index is 12.7. The molecule has 1 aromatic carbocycles. The van der Waals surface area contributed by atoms with Gasteiger partial charge in [-0.05, 0) is 47.0 Å².